The largest absolute Gasteiger partial charge is 0.391 e. The lowest BCUT2D eigenvalue weighted by atomic mass is 10.1. The fraction of sp³-hybridized carbons (Fsp3) is 0.800. The highest BCUT2D eigenvalue weighted by Crippen LogP contribution is 2.19. The Morgan fingerprint density at radius 1 is 1.47 bits per heavy atom. The zero-order valence-corrected chi connectivity index (χ0v) is 8.56. The average molecular weight is 212 g/mol. The molecule has 2 fully saturated rings. The molecule has 2 heterocycles. The molecule has 2 rings (SSSR count). The SMILES string of the molecule is O=C[C@@H]1CCCN1C(=O)[C@H]1NCCC1O. The average Bonchev–Trinajstić information content (AvgIpc) is 2.84. The second-order valence-corrected chi connectivity index (χ2v) is 4.17. The van der Waals surface area contributed by atoms with Gasteiger partial charge in [0.1, 0.15) is 12.3 Å². The van der Waals surface area contributed by atoms with Crippen LogP contribution in [-0.4, -0.2) is 53.5 Å². The summed E-state index contributed by atoms with van der Waals surface area (Å²) in [6.07, 6.45) is 2.45. The Hall–Kier alpha value is -0.940. The van der Waals surface area contributed by atoms with Gasteiger partial charge < -0.3 is 20.1 Å². The summed E-state index contributed by atoms with van der Waals surface area (Å²) in [4.78, 5) is 24.3. The first-order valence-electron chi connectivity index (χ1n) is 5.41. The normalized spacial score (nSPS) is 35.8. The van der Waals surface area contributed by atoms with Crippen LogP contribution in [0.4, 0.5) is 0 Å². The topological polar surface area (TPSA) is 69.6 Å². The van der Waals surface area contributed by atoms with Crippen LogP contribution in [0.5, 0.6) is 0 Å². The third kappa shape index (κ3) is 1.89. The molecule has 15 heavy (non-hydrogen) atoms. The Labute approximate surface area is 88.4 Å². The van der Waals surface area contributed by atoms with Crippen LogP contribution >= 0.6 is 0 Å². The van der Waals surface area contributed by atoms with E-state index in [4.69, 9.17) is 0 Å². The fourth-order valence-corrected chi connectivity index (χ4v) is 2.33. The van der Waals surface area contributed by atoms with Gasteiger partial charge in [0.2, 0.25) is 5.91 Å². The molecular formula is C10H16N2O3. The predicted octanol–water partition coefficient (Wildman–Crippen LogP) is -1.10. The molecule has 2 aliphatic rings. The van der Waals surface area contributed by atoms with Crippen LogP contribution in [0, 0.1) is 0 Å². The maximum atomic E-state index is 12.0. The van der Waals surface area contributed by atoms with Gasteiger partial charge in [-0.05, 0) is 25.8 Å². The van der Waals surface area contributed by atoms with Crippen molar-refractivity contribution in [1.82, 2.24) is 10.2 Å². The van der Waals surface area contributed by atoms with Crippen molar-refractivity contribution in [2.45, 2.75) is 37.5 Å². The second-order valence-electron chi connectivity index (χ2n) is 4.17. The molecule has 0 bridgehead atoms. The number of amides is 1. The minimum absolute atomic E-state index is 0.130. The number of carbonyl (C=O) groups is 2. The van der Waals surface area contributed by atoms with E-state index in [1.54, 1.807) is 4.90 Å². The van der Waals surface area contributed by atoms with E-state index in [-0.39, 0.29) is 11.9 Å². The molecule has 0 aromatic rings. The van der Waals surface area contributed by atoms with E-state index < -0.39 is 12.1 Å². The van der Waals surface area contributed by atoms with Crippen LogP contribution in [0.15, 0.2) is 0 Å². The Kier molecular flexibility index (Phi) is 3.02. The molecule has 0 saturated carbocycles. The number of rotatable bonds is 2. The highest BCUT2D eigenvalue weighted by molar-refractivity contribution is 5.85. The van der Waals surface area contributed by atoms with Gasteiger partial charge in [0.05, 0.1) is 12.1 Å². The number of nitrogens with zero attached hydrogens (tertiary/aromatic N) is 1. The lowest BCUT2D eigenvalue weighted by Crippen LogP contribution is -2.50. The molecular weight excluding hydrogens is 196 g/mol. The Morgan fingerprint density at radius 3 is 2.87 bits per heavy atom. The molecule has 0 spiro atoms. The van der Waals surface area contributed by atoms with Crippen molar-refractivity contribution in [1.29, 1.82) is 0 Å². The van der Waals surface area contributed by atoms with Crippen molar-refractivity contribution >= 4 is 12.2 Å². The van der Waals surface area contributed by atoms with Crippen LogP contribution in [-0.2, 0) is 9.59 Å². The molecule has 2 N–H and O–H groups in total. The first-order valence-corrected chi connectivity index (χ1v) is 5.41. The highest BCUT2D eigenvalue weighted by Gasteiger charge is 2.38. The highest BCUT2D eigenvalue weighted by atomic mass is 16.3. The van der Waals surface area contributed by atoms with Crippen molar-refractivity contribution in [3.8, 4) is 0 Å². The second kappa shape index (κ2) is 4.28. The number of hydrogen-bond acceptors (Lipinski definition) is 4. The molecule has 0 aromatic carbocycles. The number of aliphatic hydroxyl groups excluding tert-OH is 1. The third-order valence-electron chi connectivity index (χ3n) is 3.19. The van der Waals surface area contributed by atoms with E-state index in [9.17, 15) is 14.7 Å². The van der Waals surface area contributed by atoms with E-state index in [1.807, 2.05) is 0 Å². The van der Waals surface area contributed by atoms with Gasteiger partial charge in [0.25, 0.3) is 0 Å². The number of carbonyl (C=O) groups excluding carboxylic acids is 2. The fourth-order valence-electron chi connectivity index (χ4n) is 2.33. The van der Waals surface area contributed by atoms with E-state index in [1.165, 1.54) is 0 Å². The quantitative estimate of drug-likeness (QED) is 0.570. The Bertz CT molecular complexity index is 269. The molecule has 2 saturated heterocycles. The number of aldehydes is 1. The van der Waals surface area contributed by atoms with Gasteiger partial charge in [0, 0.05) is 6.54 Å². The summed E-state index contributed by atoms with van der Waals surface area (Å²) >= 11 is 0. The van der Waals surface area contributed by atoms with Gasteiger partial charge in [-0.2, -0.15) is 0 Å². The molecule has 0 radical (unpaired) electrons. The van der Waals surface area contributed by atoms with Crippen molar-refractivity contribution in [3.63, 3.8) is 0 Å². The van der Waals surface area contributed by atoms with Gasteiger partial charge in [-0.1, -0.05) is 0 Å². The molecule has 0 aromatic heterocycles. The summed E-state index contributed by atoms with van der Waals surface area (Å²) in [6.45, 7) is 1.30. The maximum absolute atomic E-state index is 12.0. The zero-order chi connectivity index (χ0) is 10.8. The van der Waals surface area contributed by atoms with Crippen molar-refractivity contribution in [3.05, 3.63) is 0 Å². The number of nitrogens with one attached hydrogen (secondary N) is 1. The molecule has 5 nitrogen and oxygen atoms in total. The van der Waals surface area contributed by atoms with E-state index in [0.29, 0.717) is 19.5 Å². The first kappa shape index (κ1) is 10.6. The van der Waals surface area contributed by atoms with Crippen LogP contribution in [0.3, 0.4) is 0 Å². The van der Waals surface area contributed by atoms with Gasteiger partial charge in [-0.25, -0.2) is 0 Å². The van der Waals surface area contributed by atoms with Crippen LogP contribution in [0.2, 0.25) is 0 Å². The summed E-state index contributed by atoms with van der Waals surface area (Å²) in [5.41, 5.74) is 0. The number of aliphatic hydroxyl groups is 1. The molecule has 1 unspecified atom stereocenters. The maximum Gasteiger partial charge on any atom is 0.242 e. The lowest BCUT2D eigenvalue weighted by Gasteiger charge is -2.25. The predicted molar refractivity (Wildman–Crippen MR) is 53.2 cm³/mol. The summed E-state index contributed by atoms with van der Waals surface area (Å²) in [7, 11) is 0. The van der Waals surface area contributed by atoms with Gasteiger partial charge in [-0.15, -0.1) is 0 Å². The minimum Gasteiger partial charge on any atom is -0.391 e. The summed E-state index contributed by atoms with van der Waals surface area (Å²) in [5.74, 6) is -0.130. The summed E-state index contributed by atoms with van der Waals surface area (Å²) in [5, 5.41) is 12.6. The smallest absolute Gasteiger partial charge is 0.242 e. The first-order chi connectivity index (χ1) is 7.24. The Morgan fingerprint density at radius 2 is 2.27 bits per heavy atom. The molecule has 84 valence electrons. The molecule has 5 heteroatoms. The zero-order valence-electron chi connectivity index (χ0n) is 8.56. The van der Waals surface area contributed by atoms with Gasteiger partial charge in [-0.3, -0.25) is 4.79 Å². The van der Waals surface area contributed by atoms with Gasteiger partial charge >= 0.3 is 0 Å². The minimum atomic E-state index is -0.606. The molecule has 1 amide bonds. The van der Waals surface area contributed by atoms with Crippen molar-refractivity contribution in [2.75, 3.05) is 13.1 Å². The number of likely N-dealkylation sites (tertiary alicyclic amines) is 1. The standard InChI is InChI=1S/C10H16N2O3/c13-6-7-2-1-5-12(7)10(15)9-8(14)3-4-11-9/h6-9,11,14H,1-5H2/t7-,8?,9-/m0/s1. The monoisotopic (exact) mass is 212 g/mol. The molecule has 3 atom stereocenters. The van der Waals surface area contributed by atoms with Crippen molar-refractivity contribution in [2.24, 2.45) is 0 Å². The summed E-state index contributed by atoms with van der Waals surface area (Å²) in [6, 6.07) is -0.794. The van der Waals surface area contributed by atoms with E-state index >= 15 is 0 Å². The summed E-state index contributed by atoms with van der Waals surface area (Å²) < 4.78 is 0. The van der Waals surface area contributed by atoms with Gasteiger partial charge in [0.15, 0.2) is 0 Å². The molecule has 0 aliphatic carbocycles. The third-order valence-corrected chi connectivity index (χ3v) is 3.19. The van der Waals surface area contributed by atoms with E-state index in [0.717, 1.165) is 19.1 Å². The Balaban J connectivity index is 2.03. The van der Waals surface area contributed by atoms with Crippen LogP contribution in [0.1, 0.15) is 19.3 Å². The van der Waals surface area contributed by atoms with Crippen molar-refractivity contribution < 1.29 is 14.7 Å². The van der Waals surface area contributed by atoms with E-state index in [2.05, 4.69) is 5.32 Å². The van der Waals surface area contributed by atoms with Crippen LogP contribution < -0.4 is 5.32 Å². The number of hydrogen-bond donors (Lipinski definition) is 2. The van der Waals surface area contributed by atoms with Crippen LogP contribution in [0.25, 0.3) is 0 Å². The molecule has 2 aliphatic heterocycles. The lowest BCUT2D eigenvalue weighted by molar-refractivity contribution is -0.138.